The summed E-state index contributed by atoms with van der Waals surface area (Å²) in [5, 5.41) is 2.58. The molecule has 7 rings (SSSR count). The number of unbranched alkanes of at least 4 members (excludes halogenated alkanes) is 18. The summed E-state index contributed by atoms with van der Waals surface area (Å²) in [5.41, 5.74) is 9.56. The van der Waals surface area contributed by atoms with Gasteiger partial charge in [-0.2, -0.15) is 17.5 Å². The molecular formula is C40H54N6S3. The molecule has 9 heteroatoms. The second-order valence-corrected chi connectivity index (χ2v) is 16.4. The zero-order chi connectivity index (χ0) is 33.4. The Labute approximate surface area is 303 Å². The van der Waals surface area contributed by atoms with Gasteiger partial charge in [0.05, 0.1) is 54.9 Å². The van der Waals surface area contributed by atoms with Crippen molar-refractivity contribution in [1.29, 1.82) is 0 Å². The summed E-state index contributed by atoms with van der Waals surface area (Å²) in [6, 6.07) is 8.99. The van der Waals surface area contributed by atoms with Gasteiger partial charge in [-0.1, -0.05) is 129 Å². The molecule has 0 saturated heterocycles. The molecule has 0 aliphatic rings. The van der Waals surface area contributed by atoms with Gasteiger partial charge < -0.3 is 9.13 Å². The number of nitrogens with zero attached hydrogens (tertiary/aromatic N) is 6. The van der Waals surface area contributed by atoms with Crippen molar-refractivity contribution in [2.24, 2.45) is 0 Å². The molecule has 0 unspecified atom stereocenters. The van der Waals surface area contributed by atoms with E-state index < -0.39 is 0 Å². The normalized spacial score (nSPS) is 12.4. The summed E-state index contributed by atoms with van der Waals surface area (Å²) < 4.78 is 27.0. The van der Waals surface area contributed by atoms with Gasteiger partial charge in [0.1, 0.15) is 22.1 Å². The van der Waals surface area contributed by atoms with Crippen molar-refractivity contribution in [1.82, 2.24) is 26.6 Å². The lowest BCUT2D eigenvalue weighted by Crippen LogP contribution is -2.02. The maximum Gasteiger partial charge on any atom is 0.115 e. The third-order valence-corrected chi connectivity index (χ3v) is 13.0. The van der Waals surface area contributed by atoms with Crippen molar-refractivity contribution < 1.29 is 0 Å². The van der Waals surface area contributed by atoms with Gasteiger partial charge in [-0.25, -0.2) is 0 Å². The van der Waals surface area contributed by atoms with E-state index in [0.29, 0.717) is 0 Å². The number of rotatable bonds is 22. The van der Waals surface area contributed by atoms with Gasteiger partial charge in [-0.05, 0) is 37.1 Å². The summed E-state index contributed by atoms with van der Waals surface area (Å²) in [4.78, 5) is 0. The fourth-order valence-corrected chi connectivity index (χ4v) is 10.6. The van der Waals surface area contributed by atoms with Crippen LogP contribution < -0.4 is 0 Å². The van der Waals surface area contributed by atoms with Crippen LogP contribution in [0.3, 0.4) is 0 Å². The van der Waals surface area contributed by atoms with Gasteiger partial charge in [0.25, 0.3) is 0 Å². The zero-order valence-corrected chi connectivity index (χ0v) is 32.2. The van der Waals surface area contributed by atoms with Crippen LogP contribution in [0.2, 0.25) is 0 Å². The Hall–Kier alpha value is -2.62. The maximum atomic E-state index is 4.85. The molecule has 0 atom stereocenters. The van der Waals surface area contributed by atoms with Gasteiger partial charge in [-0.3, -0.25) is 0 Å². The van der Waals surface area contributed by atoms with Crippen molar-refractivity contribution in [3.8, 4) is 0 Å². The van der Waals surface area contributed by atoms with Crippen LogP contribution in [-0.4, -0.2) is 26.6 Å². The monoisotopic (exact) mass is 714 g/mol. The lowest BCUT2D eigenvalue weighted by atomic mass is 10.1. The average Bonchev–Trinajstić information content (AvgIpc) is 3.94. The smallest absolute Gasteiger partial charge is 0.115 e. The quantitative estimate of drug-likeness (QED) is 0.0656. The van der Waals surface area contributed by atoms with E-state index in [4.69, 9.17) is 8.75 Å². The highest BCUT2D eigenvalue weighted by molar-refractivity contribution is 7.27. The van der Waals surface area contributed by atoms with Crippen molar-refractivity contribution in [3.63, 3.8) is 0 Å². The molecule has 5 heterocycles. The van der Waals surface area contributed by atoms with Crippen LogP contribution in [0, 0.1) is 0 Å². The summed E-state index contributed by atoms with van der Waals surface area (Å²) in [6.45, 7) is 6.68. The van der Waals surface area contributed by atoms with Crippen LogP contribution >= 0.6 is 34.8 Å². The number of hydrogen-bond donors (Lipinski definition) is 0. The molecule has 262 valence electrons. The van der Waals surface area contributed by atoms with Crippen LogP contribution in [0.1, 0.15) is 142 Å². The standard InChI is InChI=1S/C40H54N6S3/c1-3-5-7-9-11-13-15-17-19-21-27-45-31-25-23-29-35(43-48-41-29)33(31)39-37(45)38-40(47-39)34-32(26-24-30-36(34)44-49-42-30)46(38)28-22-20-18-16-14-12-10-8-6-4-2/h23-26H,3-22,27-28H2,1-2H3. The Morgan fingerprint density at radius 2 is 0.816 bits per heavy atom. The molecule has 0 amide bonds. The fraction of sp³-hybridized carbons (Fsp3) is 0.600. The maximum absolute atomic E-state index is 4.85. The molecule has 0 radical (unpaired) electrons. The Balaban J connectivity index is 1.18. The summed E-state index contributed by atoms with van der Waals surface area (Å²) in [5.74, 6) is 0. The average molecular weight is 715 g/mol. The van der Waals surface area contributed by atoms with Crippen LogP contribution in [0.15, 0.2) is 24.3 Å². The second-order valence-electron chi connectivity index (χ2n) is 14.3. The number of hydrogen-bond acceptors (Lipinski definition) is 7. The van der Waals surface area contributed by atoms with E-state index in [0.717, 1.165) is 35.2 Å². The van der Waals surface area contributed by atoms with E-state index in [1.807, 2.05) is 11.3 Å². The first-order valence-electron chi connectivity index (χ1n) is 19.5. The number of thiophene rings is 1. The van der Waals surface area contributed by atoms with Gasteiger partial charge >= 0.3 is 0 Å². The summed E-state index contributed by atoms with van der Waals surface area (Å²) in [7, 11) is 0. The Morgan fingerprint density at radius 1 is 0.449 bits per heavy atom. The largest absolute Gasteiger partial charge is 0.338 e. The molecule has 0 N–H and O–H groups in total. The van der Waals surface area contributed by atoms with Crippen molar-refractivity contribution in [2.45, 2.75) is 155 Å². The SMILES string of the molecule is CCCCCCCCCCCCn1c2ccc3nsnc3c2c2sc3c4c5nsnc5ccc4n(CCCCCCCCCCCC)c3c21. The minimum atomic E-state index is 1.01. The molecule has 0 aliphatic carbocycles. The number of fused-ring (bicyclic) bond motifs is 11. The third-order valence-electron chi connectivity index (χ3n) is 10.7. The topological polar surface area (TPSA) is 61.4 Å². The minimum absolute atomic E-state index is 1.01. The van der Waals surface area contributed by atoms with Crippen LogP contribution in [-0.2, 0) is 13.1 Å². The lowest BCUT2D eigenvalue weighted by Gasteiger charge is -2.11. The molecule has 5 aromatic heterocycles. The molecule has 6 nitrogen and oxygen atoms in total. The predicted octanol–water partition coefficient (Wildman–Crippen LogP) is 13.8. The van der Waals surface area contributed by atoms with Crippen LogP contribution in [0.4, 0.5) is 0 Å². The van der Waals surface area contributed by atoms with E-state index in [1.165, 1.54) is 194 Å². The Morgan fingerprint density at radius 3 is 1.20 bits per heavy atom. The second kappa shape index (κ2) is 17.1. The number of benzene rings is 2. The fourth-order valence-electron chi connectivity index (χ4n) is 8.05. The van der Waals surface area contributed by atoms with Gasteiger partial charge in [0, 0.05) is 23.9 Å². The molecule has 0 fully saturated rings. The van der Waals surface area contributed by atoms with E-state index in [-0.39, 0.29) is 0 Å². The zero-order valence-electron chi connectivity index (χ0n) is 29.8. The molecule has 0 aliphatic heterocycles. The molecular weight excluding hydrogens is 661 g/mol. The van der Waals surface area contributed by atoms with Crippen molar-refractivity contribution in [3.05, 3.63) is 24.3 Å². The molecule has 2 aromatic carbocycles. The molecule has 7 aromatic rings. The van der Waals surface area contributed by atoms with E-state index in [1.54, 1.807) is 0 Å². The lowest BCUT2D eigenvalue weighted by molar-refractivity contribution is 0.539. The number of aromatic nitrogens is 6. The molecule has 0 bridgehead atoms. The molecule has 49 heavy (non-hydrogen) atoms. The van der Waals surface area contributed by atoms with Crippen molar-refractivity contribution in [2.75, 3.05) is 0 Å². The van der Waals surface area contributed by atoms with E-state index in [9.17, 15) is 0 Å². The van der Waals surface area contributed by atoms with Crippen LogP contribution in [0.25, 0.3) is 64.3 Å². The first-order chi connectivity index (χ1) is 24.3. The summed E-state index contributed by atoms with van der Waals surface area (Å²) >= 11 is 4.62. The molecule has 0 saturated carbocycles. The van der Waals surface area contributed by atoms with Crippen LogP contribution in [0.5, 0.6) is 0 Å². The van der Waals surface area contributed by atoms with Gasteiger partial charge in [-0.15, -0.1) is 11.3 Å². The first kappa shape index (κ1) is 34.8. The highest BCUT2D eigenvalue weighted by Gasteiger charge is 2.26. The Kier molecular flexibility index (Phi) is 12.1. The predicted molar refractivity (Wildman–Crippen MR) is 216 cm³/mol. The minimum Gasteiger partial charge on any atom is -0.338 e. The summed E-state index contributed by atoms with van der Waals surface area (Å²) in [6.07, 6.45) is 27.0. The number of aryl methyl sites for hydroxylation is 2. The third kappa shape index (κ3) is 7.41. The van der Waals surface area contributed by atoms with Gasteiger partial charge in [0.2, 0.25) is 0 Å². The van der Waals surface area contributed by atoms with Crippen molar-refractivity contribution >= 4 is 99.1 Å². The highest BCUT2D eigenvalue weighted by atomic mass is 32.1. The highest BCUT2D eigenvalue weighted by Crippen LogP contribution is 2.48. The van der Waals surface area contributed by atoms with Gasteiger partial charge in [0.15, 0.2) is 0 Å². The first-order valence-corrected chi connectivity index (χ1v) is 21.8. The molecule has 0 spiro atoms. The van der Waals surface area contributed by atoms with E-state index in [2.05, 4.69) is 56.0 Å². The van der Waals surface area contributed by atoms with E-state index >= 15 is 0 Å². The Bertz CT molecular complexity index is 1950.